The van der Waals surface area contributed by atoms with Crippen LogP contribution in [0.25, 0.3) is 0 Å². The summed E-state index contributed by atoms with van der Waals surface area (Å²) >= 11 is 0. The molecule has 0 aliphatic heterocycles. The van der Waals surface area contributed by atoms with Crippen LogP contribution in [0.1, 0.15) is 21.5 Å². The second-order valence-corrected chi connectivity index (χ2v) is 4.03. The summed E-state index contributed by atoms with van der Waals surface area (Å²) in [5.41, 5.74) is 1.94. The zero-order valence-electron chi connectivity index (χ0n) is 9.97. The zero-order chi connectivity index (χ0) is 13.0. The average molecular weight is 238 g/mol. The Labute approximate surface area is 106 Å². The number of carbonyl (C=O) groups excluding carboxylic acids is 1. The summed E-state index contributed by atoms with van der Waals surface area (Å²) in [5.74, 6) is 0.153. The van der Waals surface area contributed by atoms with Gasteiger partial charge in [0.05, 0.1) is 0 Å². The zero-order valence-corrected chi connectivity index (χ0v) is 9.97. The Kier molecular flexibility index (Phi) is 3.58. The van der Waals surface area contributed by atoms with Crippen molar-refractivity contribution in [1.82, 2.24) is 0 Å². The van der Waals surface area contributed by atoms with Crippen molar-refractivity contribution in [2.24, 2.45) is 0 Å². The lowest BCUT2D eigenvalue weighted by atomic mass is 10.00. The monoisotopic (exact) mass is 238 g/mol. The molecule has 0 heterocycles. The van der Waals surface area contributed by atoms with Gasteiger partial charge in [-0.3, -0.25) is 4.79 Å². The highest BCUT2D eigenvalue weighted by Gasteiger charge is 2.10. The van der Waals surface area contributed by atoms with Crippen LogP contribution in [0.2, 0.25) is 0 Å². The molecular weight excluding hydrogens is 224 g/mol. The van der Waals surface area contributed by atoms with E-state index in [0.717, 1.165) is 0 Å². The number of hydrogen-bond donors (Lipinski definition) is 1. The molecule has 2 aromatic carbocycles. The van der Waals surface area contributed by atoms with Crippen molar-refractivity contribution in [2.75, 3.05) is 0 Å². The van der Waals surface area contributed by atoms with E-state index in [9.17, 15) is 9.90 Å². The number of rotatable bonds is 4. The van der Waals surface area contributed by atoms with Crippen LogP contribution < -0.4 is 0 Å². The summed E-state index contributed by atoms with van der Waals surface area (Å²) in [4.78, 5) is 12.2. The number of phenolic OH excluding ortho intramolecular Hbond substituents is 1. The van der Waals surface area contributed by atoms with E-state index in [1.807, 2.05) is 18.2 Å². The number of aromatic hydroxyl groups is 1. The second-order valence-electron chi connectivity index (χ2n) is 4.03. The molecular formula is C16H14O2. The minimum Gasteiger partial charge on any atom is -0.508 e. The van der Waals surface area contributed by atoms with Gasteiger partial charge in [0.15, 0.2) is 5.78 Å². The predicted octanol–water partition coefficient (Wildman–Crippen LogP) is 3.35. The topological polar surface area (TPSA) is 37.3 Å². The van der Waals surface area contributed by atoms with E-state index in [4.69, 9.17) is 0 Å². The van der Waals surface area contributed by atoms with E-state index >= 15 is 0 Å². The second kappa shape index (κ2) is 5.32. The maximum atomic E-state index is 12.2. The van der Waals surface area contributed by atoms with Gasteiger partial charge >= 0.3 is 0 Å². The summed E-state index contributed by atoms with van der Waals surface area (Å²) in [7, 11) is 0. The third-order valence-electron chi connectivity index (χ3n) is 2.74. The Morgan fingerprint density at radius 3 is 2.50 bits per heavy atom. The molecule has 0 saturated carbocycles. The van der Waals surface area contributed by atoms with Gasteiger partial charge in [-0.15, -0.1) is 6.58 Å². The maximum Gasteiger partial charge on any atom is 0.193 e. The first kappa shape index (κ1) is 12.1. The summed E-state index contributed by atoms with van der Waals surface area (Å²) in [5, 5.41) is 9.66. The molecule has 0 fully saturated rings. The Morgan fingerprint density at radius 2 is 1.83 bits per heavy atom. The first-order valence-electron chi connectivity index (χ1n) is 5.75. The molecule has 2 rings (SSSR count). The fourth-order valence-electron chi connectivity index (χ4n) is 1.80. The predicted molar refractivity (Wildman–Crippen MR) is 71.9 cm³/mol. The van der Waals surface area contributed by atoms with Gasteiger partial charge < -0.3 is 5.11 Å². The largest absolute Gasteiger partial charge is 0.508 e. The molecule has 2 heteroatoms. The molecule has 0 aliphatic rings. The third-order valence-corrected chi connectivity index (χ3v) is 2.74. The number of ketones is 1. The Morgan fingerprint density at radius 1 is 1.11 bits per heavy atom. The quantitative estimate of drug-likeness (QED) is 0.655. The van der Waals surface area contributed by atoms with E-state index < -0.39 is 0 Å². The molecule has 2 nitrogen and oxygen atoms in total. The molecule has 0 saturated heterocycles. The molecule has 0 aromatic heterocycles. The lowest BCUT2D eigenvalue weighted by molar-refractivity contribution is 0.103. The van der Waals surface area contributed by atoms with Gasteiger partial charge in [0.1, 0.15) is 5.75 Å². The van der Waals surface area contributed by atoms with Crippen LogP contribution in [-0.2, 0) is 6.42 Å². The highest BCUT2D eigenvalue weighted by Crippen LogP contribution is 2.21. The van der Waals surface area contributed by atoms with Crippen molar-refractivity contribution in [2.45, 2.75) is 6.42 Å². The lowest BCUT2D eigenvalue weighted by Gasteiger charge is -2.05. The smallest absolute Gasteiger partial charge is 0.193 e. The summed E-state index contributed by atoms with van der Waals surface area (Å²) in [6.07, 6.45) is 2.24. The maximum absolute atomic E-state index is 12.2. The molecule has 0 spiro atoms. The van der Waals surface area contributed by atoms with Crippen LogP contribution in [0.5, 0.6) is 5.75 Å². The van der Waals surface area contributed by atoms with Crippen LogP contribution in [0.15, 0.2) is 61.2 Å². The van der Waals surface area contributed by atoms with E-state index in [1.165, 1.54) is 0 Å². The Balaban J connectivity index is 2.37. The fourth-order valence-corrected chi connectivity index (χ4v) is 1.80. The van der Waals surface area contributed by atoms with Crippen molar-refractivity contribution in [3.63, 3.8) is 0 Å². The van der Waals surface area contributed by atoms with Crippen LogP contribution in [-0.4, -0.2) is 10.9 Å². The van der Waals surface area contributed by atoms with Gasteiger partial charge in [-0.1, -0.05) is 36.4 Å². The molecule has 0 atom stereocenters. The van der Waals surface area contributed by atoms with Gasteiger partial charge in [0.25, 0.3) is 0 Å². The van der Waals surface area contributed by atoms with Crippen molar-refractivity contribution in [3.05, 3.63) is 77.9 Å². The number of allylic oxidation sites excluding steroid dienone is 1. The first-order chi connectivity index (χ1) is 8.72. The molecule has 18 heavy (non-hydrogen) atoms. The summed E-state index contributed by atoms with van der Waals surface area (Å²) < 4.78 is 0. The van der Waals surface area contributed by atoms with Gasteiger partial charge in [-0.05, 0) is 30.2 Å². The van der Waals surface area contributed by atoms with Gasteiger partial charge in [0, 0.05) is 11.1 Å². The van der Waals surface area contributed by atoms with Crippen LogP contribution in [0, 0.1) is 0 Å². The van der Waals surface area contributed by atoms with Crippen molar-refractivity contribution < 1.29 is 9.90 Å². The van der Waals surface area contributed by atoms with E-state index in [-0.39, 0.29) is 11.5 Å². The number of benzene rings is 2. The Hall–Kier alpha value is -2.35. The average Bonchev–Trinajstić information content (AvgIpc) is 2.42. The normalized spacial score (nSPS) is 10.0. The van der Waals surface area contributed by atoms with Crippen molar-refractivity contribution >= 4 is 5.78 Å². The first-order valence-corrected chi connectivity index (χ1v) is 5.75. The van der Waals surface area contributed by atoms with Gasteiger partial charge in [-0.2, -0.15) is 0 Å². The molecule has 0 amide bonds. The molecule has 0 radical (unpaired) electrons. The standard InChI is InChI=1S/C16H14O2/c1-2-6-13-11-14(9-10-15(13)17)16(18)12-7-4-3-5-8-12/h2-5,7-11,17H,1,6H2. The molecule has 2 aromatic rings. The van der Waals surface area contributed by atoms with Gasteiger partial charge in [0.2, 0.25) is 0 Å². The fraction of sp³-hybridized carbons (Fsp3) is 0.0625. The number of carbonyl (C=O) groups is 1. The van der Waals surface area contributed by atoms with Crippen molar-refractivity contribution in [3.8, 4) is 5.75 Å². The SMILES string of the molecule is C=CCc1cc(C(=O)c2ccccc2)ccc1O. The van der Waals surface area contributed by atoms with Crippen LogP contribution in [0.3, 0.4) is 0 Å². The highest BCUT2D eigenvalue weighted by molar-refractivity contribution is 6.09. The lowest BCUT2D eigenvalue weighted by Crippen LogP contribution is -2.01. The van der Waals surface area contributed by atoms with Gasteiger partial charge in [-0.25, -0.2) is 0 Å². The van der Waals surface area contributed by atoms with Crippen LogP contribution >= 0.6 is 0 Å². The van der Waals surface area contributed by atoms with E-state index in [1.54, 1.807) is 36.4 Å². The number of phenols is 1. The summed E-state index contributed by atoms with van der Waals surface area (Å²) in [6, 6.07) is 14.0. The molecule has 0 unspecified atom stereocenters. The van der Waals surface area contributed by atoms with Crippen molar-refractivity contribution in [1.29, 1.82) is 0 Å². The molecule has 90 valence electrons. The van der Waals surface area contributed by atoms with Crippen LogP contribution in [0.4, 0.5) is 0 Å². The highest BCUT2D eigenvalue weighted by atomic mass is 16.3. The molecule has 0 aliphatic carbocycles. The molecule has 0 bridgehead atoms. The Bertz CT molecular complexity index is 571. The molecule has 1 N–H and O–H groups in total. The summed E-state index contributed by atoms with van der Waals surface area (Å²) in [6.45, 7) is 3.63. The minimum atomic E-state index is -0.0408. The minimum absolute atomic E-state index is 0.0408. The number of hydrogen-bond acceptors (Lipinski definition) is 2. The van der Waals surface area contributed by atoms with E-state index in [0.29, 0.717) is 23.1 Å². The van der Waals surface area contributed by atoms with E-state index in [2.05, 4.69) is 6.58 Å². The third kappa shape index (κ3) is 2.48.